The zero-order chi connectivity index (χ0) is 30.0. The smallest absolute Gasteiger partial charge is 0.372 e. The number of hydrogen-bond donors (Lipinski definition) is 1. The van der Waals surface area contributed by atoms with Gasteiger partial charge in [-0.2, -0.15) is 13.2 Å². The van der Waals surface area contributed by atoms with Crippen molar-refractivity contribution < 1.29 is 22.8 Å². The number of pyridine rings is 1. The Balaban J connectivity index is 1.35. The summed E-state index contributed by atoms with van der Waals surface area (Å²) in [4.78, 5) is 36.7. The number of carbonyl (C=O) groups is 2. The Morgan fingerprint density at radius 1 is 1.00 bits per heavy atom. The topological polar surface area (TPSA) is 68.8 Å². The molecule has 1 aromatic heterocycles. The molecule has 3 heterocycles. The summed E-state index contributed by atoms with van der Waals surface area (Å²) >= 11 is 0. The first-order valence-corrected chi connectivity index (χ1v) is 14.4. The summed E-state index contributed by atoms with van der Waals surface area (Å²) in [6.45, 7) is 7.14. The molecule has 2 fully saturated rings. The van der Waals surface area contributed by atoms with Crippen molar-refractivity contribution in [2.45, 2.75) is 51.9 Å². The quantitative estimate of drug-likeness (QED) is 0.349. The average molecular weight is 580 g/mol. The zero-order valence-electron chi connectivity index (χ0n) is 24.2. The summed E-state index contributed by atoms with van der Waals surface area (Å²) in [6.07, 6.45) is 0.840. The van der Waals surface area contributed by atoms with Gasteiger partial charge in [-0.25, -0.2) is 0 Å². The van der Waals surface area contributed by atoms with E-state index in [0.29, 0.717) is 35.7 Å². The molecular weight excluding hydrogens is 543 g/mol. The van der Waals surface area contributed by atoms with Crippen LogP contribution in [-0.2, 0) is 6.18 Å². The molecule has 0 bridgehead atoms. The minimum Gasteiger partial charge on any atom is -0.372 e. The van der Waals surface area contributed by atoms with Gasteiger partial charge in [0.2, 0.25) is 0 Å². The van der Waals surface area contributed by atoms with Crippen LogP contribution in [0.2, 0.25) is 0 Å². The number of nitrogens with zero attached hydrogens (tertiary/aromatic N) is 4. The lowest BCUT2D eigenvalue weighted by Gasteiger charge is -2.31. The third-order valence-corrected chi connectivity index (χ3v) is 8.27. The minimum absolute atomic E-state index is 0.0443. The monoisotopic (exact) mass is 579 g/mol. The largest absolute Gasteiger partial charge is 0.416 e. The van der Waals surface area contributed by atoms with E-state index in [9.17, 15) is 22.8 Å². The van der Waals surface area contributed by atoms with Gasteiger partial charge >= 0.3 is 6.18 Å². The maximum absolute atomic E-state index is 13.7. The van der Waals surface area contributed by atoms with Gasteiger partial charge in [-0.15, -0.1) is 0 Å². The Labute approximate surface area is 244 Å². The highest BCUT2D eigenvalue weighted by molar-refractivity contribution is 6.05. The van der Waals surface area contributed by atoms with Crippen molar-refractivity contribution >= 4 is 23.2 Å². The molecule has 3 aromatic rings. The normalized spacial score (nSPS) is 17.5. The maximum Gasteiger partial charge on any atom is 0.416 e. The van der Waals surface area contributed by atoms with Crippen LogP contribution in [0.3, 0.4) is 0 Å². The van der Waals surface area contributed by atoms with Crippen LogP contribution in [0, 0.1) is 6.92 Å². The number of carbonyl (C=O) groups excluding carboxylic acids is 2. The predicted molar refractivity (Wildman–Crippen MR) is 158 cm³/mol. The van der Waals surface area contributed by atoms with Gasteiger partial charge in [0.05, 0.1) is 23.6 Å². The lowest BCUT2D eigenvalue weighted by atomic mass is 10.0. The van der Waals surface area contributed by atoms with Crippen molar-refractivity contribution in [2.75, 3.05) is 43.4 Å². The fraction of sp³-hybridized carbons (Fsp3) is 0.406. The van der Waals surface area contributed by atoms with Gasteiger partial charge in [0.25, 0.3) is 11.8 Å². The van der Waals surface area contributed by atoms with Crippen LogP contribution in [0.25, 0.3) is 11.1 Å². The van der Waals surface area contributed by atoms with E-state index in [-0.39, 0.29) is 17.6 Å². The first-order chi connectivity index (χ1) is 20.0. The van der Waals surface area contributed by atoms with Gasteiger partial charge in [0, 0.05) is 54.8 Å². The Morgan fingerprint density at radius 3 is 2.38 bits per heavy atom. The van der Waals surface area contributed by atoms with E-state index in [1.165, 1.54) is 12.3 Å². The molecule has 0 radical (unpaired) electrons. The standard InChI is InChI=1S/C32H36F3N5O2/c1-4-39-15-7-8-29(39)38(3)31(42)23-11-9-22(10-12-23)28-19-26(20-36-21(28)2)37-30(41)24-16-25(32(33,34)35)18-27(17-24)40-13-5-6-14-40/h9-12,16-20,29H,4-8,13-15H2,1-3H3,(H,37,41)/t29-/m0/s1. The van der Waals surface area contributed by atoms with E-state index in [2.05, 4.69) is 22.1 Å². The van der Waals surface area contributed by atoms with E-state index in [1.807, 2.05) is 31.0 Å². The van der Waals surface area contributed by atoms with Crippen LogP contribution in [-0.4, -0.2) is 66.0 Å². The molecule has 10 heteroatoms. The number of alkyl halides is 3. The van der Waals surface area contributed by atoms with Gasteiger partial charge in [0.1, 0.15) is 0 Å². The van der Waals surface area contributed by atoms with Gasteiger partial charge < -0.3 is 15.1 Å². The number of aryl methyl sites for hydroxylation is 1. The second-order valence-electron chi connectivity index (χ2n) is 11.0. The van der Waals surface area contributed by atoms with Crippen LogP contribution in [0.1, 0.15) is 64.6 Å². The van der Waals surface area contributed by atoms with Gasteiger partial charge in [-0.1, -0.05) is 19.1 Å². The third-order valence-electron chi connectivity index (χ3n) is 8.27. The van der Waals surface area contributed by atoms with Crippen molar-refractivity contribution in [3.05, 3.63) is 77.1 Å². The number of aromatic nitrogens is 1. The maximum atomic E-state index is 13.7. The first kappa shape index (κ1) is 29.6. The van der Waals surface area contributed by atoms with E-state index in [1.54, 1.807) is 23.1 Å². The molecule has 222 valence electrons. The highest BCUT2D eigenvalue weighted by atomic mass is 19.4. The van der Waals surface area contributed by atoms with E-state index in [4.69, 9.17) is 0 Å². The molecule has 2 amide bonds. The SMILES string of the molecule is CCN1CCC[C@H]1N(C)C(=O)c1ccc(-c2cc(NC(=O)c3cc(N4CCCC4)cc(C(F)(F)F)c3)cnc2C)cc1. The Morgan fingerprint density at radius 2 is 1.71 bits per heavy atom. The molecule has 42 heavy (non-hydrogen) atoms. The molecule has 7 nitrogen and oxygen atoms in total. The number of amides is 2. The van der Waals surface area contributed by atoms with Gasteiger partial charge in [0.15, 0.2) is 0 Å². The summed E-state index contributed by atoms with van der Waals surface area (Å²) in [5.41, 5.74) is 2.69. The number of halogens is 3. The molecule has 1 atom stereocenters. The Kier molecular flexibility index (Phi) is 8.54. The summed E-state index contributed by atoms with van der Waals surface area (Å²) in [5.74, 6) is -0.688. The molecular formula is C32H36F3N5O2. The molecule has 2 aliphatic heterocycles. The van der Waals surface area contributed by atoms with Crippen LogP contribution in [0.4, 0.5) is 24.5 Å². The zero-order valence-corrected chi connectivity index (χ0v) is 24.2. The second-order valence-corrected chi connectivity index (χ2v) is 11.0. The summed E-state index contributed by atoms with van der Waals surface area (Å²) in [5, 5.41) is 2.72. The minimum atomic E-state index is -4.57. The Hall–Kier alpha value is -3.92. The summed E-state index contributed by atoms with van der Waals surface area (Å²) < 4.78 is 41.0. The van der Waals surface area contributed by atoms with E-state index >= 15 is 0 Å². The van der Waals surface area contributed by atoms with Crippen LogP contribution < -0.4 is 10.2 Å². The molecule has 5 rings (SSSR count). The Bertz CT molecular complexity index is 1450. The van der Waals surface area contributed by atoms with Crippen molar-refractivity contribution in [2.24, 2.45) is 0 Å². The summed E-state index contributed by atoms with van der Waals surface area (Å²) in [7, 11) is 1.84. The highest BCUT2D eigenvalue weighted by Gasteiger charge is 2.33. The predicted octanol–water partition coefficient (Wildman–Crippen LogP) is 6.44. The highest BCUT2D eigenvalue weighted by Crippen LogP contribution is 2.34. The first-order valence-electron chi connectivity index (χ1n) is 14.4. The number of anilines is 2. The van der Waals surface area contributed by atoms with Crippen molar-refractivity contribution in [1.29, 1.82) is 0 Å². The molecule has 0 unspecified atom stereocenters. The molecule has 2 aromatic carbocycles. The average Bonchev–Trinajstić information content (AvgIpc) is 3.70. The van der Waals surface area contributed by atoms with Crippen LogP contribution in [0.5, 0.6) is 0 Å². The second kappa shape index (κ2) is 12.1. The lowest BCUT2D eigenvalue weighted by Crippen LogP contribution is -2.45. The molecule has 2 saturated heterocycles. The molecule has 0 saturated carbocycles. The number of benzene rings is 2. The number of hydrogen-bond acceptors (Lipinski definition) is 5. The lowest BCUT2D eigenvalue weighted by molar-refractivity contribution is -0.137. The number of nitrogens with one attached hydrogen (secondary N) is 1. The van der Waals surface area contributed by atoms with Gasteiger partial charge in [-0.05, 0) is 81.1 Å². The fourth-order valence-electron chi connectivity index (χ4n) is 5.91. The van der Waals surface area contributed by atoms with Crippen molar-refractivity contribution in [3.63, 3.8) is 0 Å². The number of likely N-dealkylation sites (tertiary alicyclic amines) is 1. The van der Waals surface area contributed by atoms with Crippen molar-refractivity contribution in [3.8, 4) is 11.1 Å². The molecule has 0 aliphatic carbocycles. The summed E-state index contributed by atoms with van der Waals surface area (Å²) in [6, 6.07) is 12.5. The van der Waals surface area contributed by atoms with E-state index < -0.39 is 17.6 Å². The number of rotatable bonds is 7. The molecule has 2 aliphatic rings. The fourth-order valence-corrected chi connectivity index (χ4v) is 5.91. The van der Waals surface area contributed by atoms with Crippen LogP contribution in [0.15, 0.2) is 54.7 Å². The van der Waals surface area contributed by atoms with Crippen LogP contribution >= 0.6 is 0 Å². The van der Waals surface area contributed by atoms with E-state index in [0.717, 1.165) is 62.0 Å². The third kappa shape index (κ3) is 6.28. The van der Waals surface area contributed by atoms with Gasteiger partial charge in [-0.3, -0.25) is 19.5 Å². The molecule has 0 spiro atoms. The van der Waals surface area contributed by atoms with Crippen molar-refractivity contribution in [1.82, 2.24) is 14.8 Å². The molecule has 1 N–H and O–H groups in total.